The van der Waals surface area contributed by atoms with Gasteiger partial charge in [-0.1, -0.05) is 13.8 Å². The van der Waals surface area contributed by atoms with E-state index in [4.69, 9.17) is 0 Å². The molecule has 0 spiro atoms. The molecule has 0 saturated carbocycles. The highest BCUT2D eigenvalue weighted by Crippen LogP contribution is 2.13. The minimum absolute atomic E-state index is 0.0210. The second kappa shape index (κ2) is 5.95. The van der Waals surface area contributed by atoms with Crippen molar-refractivity contribution in [3.8, 4) is 0 Å². The van der Waals surface area contributed by atoms with Gasteiger partial charge in [-0.2, -0.15) is 16.8 Å². The van der Waals surface area contributed by atoms with Crippen molar-refractivity contribution < 1.29 is 25.2 Å². The third kappa shape index (κ3) is 9.08. The van der Waals surface area contributed by atoms with Gasteiger partial charge in [0.2, 0.25) is 0 Å². The molecule has 0 aliphatic heterocycles. The summed E-state index contributed by atoms with van der Waals surface area (Å²) < 4.78 is 52.1. The first-order valence-electron chi connectivity index (χ1n) is 4.70. The molecular weight excluding hydrogens is 256 g/mol. The fourth-order valence-electron chi connectivity index (χ4n) is 0.790. The van der Waals surface area contributed by atoms with Crippen molar-refractivity contribution in [1.82, 2.24) is 0 Å². The van der Waals surface area contributed by atoms with Gasteiger partial charge in [-0.15, -0.1) is 0 Å². The lowest BCUT2D eigenvalue weighted by Gasteiger charge is -2.18. The van der Waals surface area contributed by atoms with Crippen LogP contribution in [0.4, 0.5) is 0 Å². The second-order valence-corrected chi connectivity index (χ2v) is 7.22. The van der Waals surface area contributed by atoms with Gasteiger partial charge in [0.1, 0.15) is 0 Å². The Bertz CT molecular complexity index is 356. The number of hydrogen-bond donors (Lipinski definition) is 0. The Morgan fingerprint density at radius 1 is 0.812 bits per heavy atom. The Morgan fingerprint density at radius 2 is 1.06 bits per heavy atom. The highest BCUT2D eigenvalue weighted by Gasteiger charge is 2.17. The van der Waals surface area contributed by atoms with Crippen LogP contribution in [-0.4, -0.2) is 42.6 Å². The Hall–Kier alpha value is -0.180. The highest BCUT2D eigenvalue weighted by atomic mass is 32.2. The van der Waals surface area contributed by atoms with Crippen molar-refractivity contribution in [3.63, 3.8) is 0 Å². The van der Waals surface area contributed by atoms with Gasteiger partial charge in [-0.3, -0.25) is 8.37 Å². The first-order chi connectivity index (χ1) is 7.01. The van der Waals surface area contributed by atoms with Crippen molar-refractivity contribution >= 4 is 20.2 Å². The lowest BCUT2D eigenvalue weighted by Crippen LogP contribution is -2.22. The fourth-order valence-corrected chi connectivity index (χ4v) is 1.71. The van der Waals surface area contributed by atoms with E-state index in [-0.39, 0.29) is 25.0 Å². The fraction of sp³-hybridized carbons (Fsp3) is 1.00. The van der Waals surface area contributed by atoms with E-state index in [9.17, 15) is 16.8 Å². The van der Waals surface area contributed by atoms with E-state index in [0.717, 1.165) is 12.5 Å². The molecule has 98 valence electrons. The topological polar surface area (TPSA) is 86.7 Å². The van der Waals surface area contributed by atoms with E-state index in [1.54, 1.807) is 13.8 Å². The zero-order valence-corrected chi connectivity index (χ0v) is 11.5. The number of hydrogen-bond acceptors (Lipinski definition) is 6. The molecule has 0 unspecified atom stereocenters. The van der Waals surface area contributed by atoms with Crippen molar-refractivity contribution in [2.75, 3.05) is 25.7 Å². The van der Waals surface area contributed by atoms with Crippen LogP contribution < -0.4 is 0 Å². The molecule has 0 radical (unpaired) electrons. The molecule has 0 aliphatic rings. The van der Waals surface area contributed by atoms with Crippen LogP contribution in [0.3, 0.4) is 0 Å². The summed E-state index contributed by atoms with van der Waals surface area (Å²) in [5.74, 6) is -0.229. The zero-order valence-electron chi connectivity index (χ0n) is 9.83. The SMILES string of the molecule is C[C@@H](COS(C)(=O)=O)[C@@H](C)COS(C)(=O)=O. The van der Waals surface area contributed by atoms with E-state index in [2.05, 4.69) is 8.37 Å². The van der Waals surface area contributed by atoms with Crippen LogP contribution >= 0.6 is 0 Å². The Balaban J connectivity index is 4.05. The zero-order chi connectivity index (χ0) is 13.0. The molecule has 2 atom stereocenters. The minimum Gasteiger partial charge on any atom is -0.270 e. The summed E-state index contributed by atoms with van der Waals surface area (Å²) in [4.78, 5) is 0. The smallest absolute Gasteiger partial charge is 0.264 e. The van der Waals surface area contributed by atoms with Crippen molar-refractivity contribution in [2.45, 2.75) is 13.8 Å². The van der Waals surface area contributed by atoms with Gasteiger partial charge in [-0.25, -0.2) is 0 Å². The van der Waals surface area contributed by atoms with E-state index >= 15 is 0 Å². The van der Waals surface area contributed by atoms with Crippen LogP contribution in [0, 0.1) is 11.8 Å². The normalized spacial score (nSPS) is 17.0. The first-order valence-corrected chi connectivity index (χ1v) is 8.33. The summed E-state index contributed by atoms with van der Waals surface area (Å²) >= 11 is 0. The molecule has 0 saturated heterocycles. The minimum atomic E-state index is -3.46. The molecule has 0 heterocycles. The van der Waals surface area contributed by atoms with Crippen molar-refractivity contribution in [2.24, 2.45) is 11.8 Å². The summed E-state index contributed by atoms with van der Waals surface area (Å²) in [5, 5.41) is 0. The van der Waals surface area contributed by atoms with Crippen molar-refractivity contribution in [3.05, 3.63) is 0 Å². The van der Waals surface area contributed by atoms with Crippen LogP contribution in [0.25, 0.3) is 0 Å². The van der Waals surface area contributed by atoms with Gasteiger partial charge in [0.15, 0.2) is 0 Å². The first kappa shape index (κ1) is 15.8. The van der Waals surface area contributed by atoms with Crippen molar-refractivity contribution in [1.29, 1.82) is 0 Å². The van der Waals surface area contributed by atoms with Gasteiger partial charge >= 0.3 is 0 Å². The maximum absolute atomic E-state index is 10.7. The Kier molecular flexibility index (Phi) is 5.88. The van der Waals surface area contributed by atoms with Crippen LogP contribution in [0.2, 0.25) is 0 Å². The third-order valence-electron chi connectivity index (χ3n) is 2.06. The molecule has 0 N–H and O–H groups in total. The summed E-state index contributed by atoms with van der Waals surface area (Å²) in [6.07, 6.45) is 1.94. The molecule has 0 bridgehead atoms. The lowest BCUT2D eigenvalue weighted by molar-refractivity contribution is 0.170. The summed E-state index contributed by atoms with van der Waals surface area (Å²) in [6.45, 7) is 3.57. The van der Waals surface area contributed by atoms with Crippen LogP contribution in [0.1, 0.15) is 13.8 Å². The highest BCUT2D eigenvalue weighted by molar-refractivity contribution is 7.86. The maximum atomic E-state index is 10.7. The lowest BCUT2D eigenvalue weighted by atomic mass is 9.98. The predicted octanol–water partition coefficient (Wildman–Crippen LogP) is 0.211. The van der Waals surface area contributed by atoms with Gasteiger partial charge in [0.25, 0.3) is 20.2 Å². The molecule has 0 aliphatic carbocycles. The molecule has 0 aromatic heterocycles. The Labute approximate surface area is 97.2 Å². The molecule has 16 heavy (non-hydrogen) atoms. The average molecular weight is 274 g/mol. The predicted molar refractivity (Wildman–Crippen MR) is 59.9 cm³/mol. The van der Waals surface area contributed by atoms with E-state index in [1.165, 1.54) is 0 Å². The molecule has 8 heteroatoms. The quantitative estimate of drug-likeness (QED) is 0.617. The van der Waals surface area contributed by atoms with Gasteiger partial charge < -0.3 is 0 Å². The summed E-state index contributed by atoms with van der Waals surface area (Å²) in [5.41, 5.74) is 0. The Morgan fingerprint density at radius 3 is 1.25 bits per heavy atom. The van der Waals surface area contributed by atoms with E-state index in [1.807, 2.05) is 0 Å². The van der Waals surface area contributed by atoms with E-state index in [0.29, 0.717) is 0 Å². The van der Waals surface area contributed by atoms with Gasteiger partial charge in [0, 0.05) is 0 Å². The second-order valence-electron chi connectivity index (χ2n) is 3.93. The molecule has 0 aromatic rings. The molecule has 0 fully saturated rings. The monoisotopic (exact) mass is 274 g/mol. The molecule has 0 amide bonds. The third-order valence-corrected chi connectivity index (χ3v) is 3.19. The summed E-state index contributed by atoms with van der Waals surface area (Å²) in [6, 6.07) is 0. The van der Waals surface area contributed by atoms with Gasteiger partial charge in [-0.05, 0) is 11.8 Å². The maximum Gasteiger partial charge on any atom is 0.264 e. The summed E-state index contributed by atoms with van der Waals surface area (Å²) in [7, 11) is -6.91. The van der Waals surface area contributed by atoms with Crippen LogP contribution in [0.5, 0.6) is 0 Å². The molecule has 0 rings (SSSR count). The van der Waals surface area contributed by atoms with Gasteiger partial charge in [0.05, 0.1) is 25.7 Å². The molecule has 6 nitrogen and oxygen atoms in total. The average Bonchev–Trinajstić information content (AvgIpc) is 2.07. The molecule has 0 aromatic carbocycles. The number of rotatable bonds is 7. The van der Waals surface area contributed by atoms with Crippen LogP contribution in [0.15, 0.2) is 0 Å². The largest absolute Gasteiger partial charge is 0.270 e. The van der Waals surface area contributed by atoms with E-state index < -0.39 is 20.2 Å². The van der Waals surface area contributed by atoms with Crippen LogP contribution in [-0.2, 0) is 28.6 Å². The molecular formula is C8H18O6S2. The standard InChI is InChI=1S/C8H18O6S2/c1-7(5-13-15(3,9)10)8(2)6-14-16(4,11)12/h7-8H,5-6H2,1-4H3/t7-,8-/m0/s1.